The van der Waals surface area contributed by atoms with Crippen LogP contribution in [0.25, 0.3) is 0 Å². The number of aliphatic imine (C=N–C) groups is 1. The van der Waals surface area contributed by atoms with Crippen molar-refractivity contribution in [1.29, 1.82) is 0 Å². The molecule has 1 aliphatic rings. The molecule has 1 heterocycles. The van der Waals surface area contributed by atoms with Crippen molar-refractivity contribution in [3.63, 3.8) is 0 Å². The Labute approximate surface area is 152 Å². The SMILES string of the molecule is CCNC(=NCc1cccc(COC2CCOCC2)c1)NCC(C)C. The van der Waals surface area contributed by atoms with E-state index in [1.807, 2.05) is 0 Å². The minimum absolute atomic E-state index is 0.330. The molecule has 25 heavy (non-hydrogen) atoms. The molecule has 0 aromatic heterocycles. The number of nitrogens with one attached hydrogen (secondary N) is 2. The molecule has 1 fully saturated rings. The quantitative estimate of drug-likeness (QED) is 0.560. The predicted octanol–water partition coefficient (Wildman–Crippen LogP) is 3.09. The summed E-state index contributed by atoms with van der Waals surface area (Å²) in [6.45, 7) is 11.2. The first-order chi connectivity index (χ1) is 12.2. The Morgan fingerprint density at radius 2 is 2.00 bits per heavy atom. The highest BCUT2D eigenvalue weighted by atomic mass is 16.5. The van der Waals surface area contributed by atoms with Crippen LogP contribution in [0.15, 0.2) is 29.3 Å². The Bertz CT molecular complexity index is 525. The molecule has 1 aliphatic heterocycles. The molecule has 5 nitrogen and oxygen atoms in total. The summed E-state index contributed by atoms with van der Waals surface area (Å²) in [7, 11) is 0. The molecule has 2 rings (SSSR count). The fourth-order valence-corrected chi connectivity index (χ4v) is 2.69. The summed E-state index contributed by atoms with van der Waals surface area (Å²) in [5.74, 6) is 1.47. The molecular formula is C20H33N3O2. The molecule has 0 unspecified atom stereocenters. The van der Waals surface area contributed by atoms with Crippen LogP contribution < -0.4 is 10.6 Å². The highest BCUT2D eigenvalue weighted by Gasteiger charge is 2.14. The Hall–Kier alpha value is -1.59. The van der Waals surface area contributed by atoms with Crippen LogP contribution in [0.3, 0.4) is 0 Å². The lowest BCUT2D eigenvalue weighted by molar-refractivity contribution is -0.0390. The summed E-state index contributed by atoms with van der Waals surface area (Å²) >= 11 is 0. The molecule has 140 valence electrons. The molecule has 1 aromatic rings. The van der Waals surface area contributed by atoms with Gasteiger partial charge in [-0.3, -0.25) is 0 Å². The molecule has 0 amide bonds. The van der Waals surface area contributed by atoms with Crippen molar-refractivity contribution in [2.75, 3.05) is 26.3 Å². The number of hydrogen-bond acceptors (Lipinski definition) is 3. The highest BCUT2D eigenvalue weighted by molar-refractivity contribution is 5.79. The lowest BCUT2D eigenvalue weighted by Crippen LogP contribution is -2.39. The second-order valence-electron chi connectivity index (χ2n) is 6.91. The van der Waals surface area contributed by atoms with E-state index in [9.17, 15) is 0 Å². The van der Waals surface area contributed by atoms with Crippen molar-refractivity contribution in [3.05, 3.63) is 35.4 Å². The Morgan fingerprint density at radius 3 is 2.72 bits per heavy atom. The van der Waals surface area contributed by atoms with E-state index in [1.54, 1.807) is 0 Å². The lowest BCUT2D eigenvalue weighted by atomic mass is 10.1. The molecular weight excluding hydrogens is 314 g/mol. The predicted molar refractivity (Wildman–Crippen MR) is 103 cm³/mol. The standard InChI is InChI=1S/C20H33N3O2/c1-4-21-20(22-13-16(2)3)23-14-17-6-5-7-18(12-17)15-25-19-8-10-24-11-9-19/h5-7,12,16,19H,4,8-11,13-15H2,1-3H3,(H2,21,22,23). The van der Waals surface area contributed by atoms with Crippen LogP contribution in [-0.4, -0.2) is 38.4 Å². The Kier molecular flexibility index (Phi) is 8.77. The van der Waals surface area contributed by atoms with Crippen LogP contribution in [0.2, 0.25) is 0 Å². The van der Waals surface area contributed by atoms with Gasteiger partial charge in [-0.1, -0.05) is 38.1 Å². The van der Waals surface area contributed by atoms with E-state index in [2.05, 4.69) is 60.7 Å². The minimum Gasteiger partial charge on any atom is -0.381 e. The summed E-state index contributed by atoms with van der Waals surface area (Å²) in [6.07, 6.45) is 2.32. The van der Waals surface area contributed by atoms with Crippen LogP contribution in [0.1, 0.15) is 44.7 Å². The third kappa shape index (κ3) is 7.88. The van der Waals surface area contributed by atoms with Crippen molar-refractivity contribution in [2.45, 2.75) is 52.9 Å². The van der Waals surface area contributed by atoms with E-state index in [1.165, 1.54) is 11.1 Å². The summed E-state index contributed by atoms with van der Waals surface area (Å²) in [4.78, 5) is 4.68. The fourth-order valence-electron chi connectivity index (χ4n) is 2.69. The number of ether oxygens (including phenoxy) is 2. The summed E-state index contributed by atoms with van der Waals surface area (Å²) in [5.41, 5.74) is 2.41. The van der Waals surface area contributed by atoms with Crippen molar-refractivity contribution in [1.82, 2.24) is 10.6 Å². The van der Waals surface area contributed by atoms with Crippen LogP contribution in [0.5, 0.6) is 0 Å². The van der Waals surface area contributed by atoms with Crippen molar-refractivity contribution < 1.29 is 9.47 Å². The van der Waals surface area contributed by atoms with Gasteiger partial charge in [0.15, 0.2) is 5.96 Å². The van der Waals surface area contributed by atoms with Gasteiger partial charge in [-0.25, -0.2) is 4.99 Å². The normalized spacial score (nSPS) is 16.2. The maximum absolute atomic E-state index is 6.01. The zero-order valence-electron chi connectivity index (χ0n) is 15.9. The molecule has 0 spiro atoms. The van der Waals surface area contributed by atoms with Gasteiger partial charge in [0, 0.05) is 26.3 Å². The molecule has 1 saturated heterocycles. The summed E-state index contributed by atoms with van der Waals surface area (Å²) in [5, 5.41) is 6.67. The molecule has 2 N–H and O–H groups in total. The second-order valence-corrected chi connectivity index (χ2v) is 6.91. The van der Waals surface area contributed by atoms with Crippen LogP contribution in [0, 0.1) is 5.92 Å². The molecule has 0 aliphatic carbocycles. The van der Waals surface area contributed by atoms with Gasteiger partial charge in [-0.2, -0.15) is 0 Å². The molecule has 0 radical (unpaired) electrons. The third-order valence-corrected chi connectivity index (χ3v) is 4.09. The van der Waals surface area contributed by atoms with Gasteiger partial charge >= 0.3 is 0 Å². The average molecular weight is 348 g/mol. The number of rotatable bonds is 8. The molecule has 5 heteroatoms. The van der Waals surface area contributed by atoms with Gasteiger partial charge in [0.1, 0.15) is 0 Å². The van der Waals surface area contributed by atoms with Crippen LogP contribution in [-0.2, 0) is 22.6 Å². The van der Waals surface area contributed by atoms with Gasteiger partial charge in [-0.15, -0.1) is 0 Å². The zero-order chi connectivity index (χ0) is 17.9. The first-order valence-electron chi connectivity index (χ1n) is 9.46. The van der Waals surface area contributed by atoms with Crippen LogP contribution >= 0.6 is 0 Å². The van der Waals surface area contributed by atoms with E-state index < -0.39 is 0 Å². The van der Waals surface area contributed by atoms with Gasteiger partial charge in [-0.05, 0) is 36.8 Å². The van der Waals surface area contributed by atoms with Crippen molar-refractivity contribution in [3.8, 4) is 0 Å². The minimum atomic E-state index is 0.330. The van der Waals surface area contributed by atoms with Gasteiger partial charge in [0.2, 0.25) is 0 Å². The van der Waals surface area contributed by atoms with E-state index in [4.69, 9.17) is 9.47 Å². The average Bonchev–Trinajstić information content (AvgIpc) is 2.63. The van der Waals surface area contributed by atoms with Gasteiger partial charge in [0.05, 0.1) is 19.3 Å². The smallest absolute Gasteiger partial charge is 0.191 e. The highest BCUT2D eigenvalue weighted by Crippen LogP contribution is 2.14. The monoisotopic (exact) mass is 347 g/mol. The molecule has 0 atom stereocenters. The third-order valence-electron chi connectivity index (χ3n) is 4.09. The van der Waals surface area contributed by atoms with Crippen molar-refractivity contribution >= 4 is 5.96 Å². The van der Waals surface area contributed by atoms with E-state index in [0.717, 1.165) is 45.1 Å². The number of nitrogens with zero attached hydrogens (tertiary/aromatic N) is 1. The van der Waals surface area contributed by atoms with E-state index in [-0.39, 0.29) is 0 Å². The Morgan fingerprint density at radius 1 is 1.24 bits per heavy atom. The number of benzene rings is 1. The van der Waals surface area contributed by atoms with Gasteiger partial charge in [0.25, 0.3) is 0 Å². The molecule has 1 aromatic carbocycles. The van der Waals surface area contributed by atoms with Gasteiger partial charge < -0.3 is 20.1 Å². The van der Waals surface area contributed by atoms with E-state index >= 15 is 0 Å². The molecule has 0 saturated carbocycles. The van der Waals surface area contributed by atoms with Crippen molar-refractivity contribution in [2.24, 2.45) is 10.9 Å². The fraction of sp³-hybridized carbons (Fsp3) is 0.650. The Balaban J connectivity index is 1.86. The maximum Gasteiger partial charge on any atom is 0.191 e. The second kappa shape index (κ2) is 11.1. The first kappa shape index (κ1) is 19.7. The zero-order valence-corrected chi connectivity index (χ0v) is 15.9. The largest absolute Gasteiger partial charge is 0.381 e. The first-order valence-corrected chi connectivity index (χ1v) is 9.46. The summed E-state index contributed by atoms with van der Waals surface area (Å²) < 4.78 is 11.4. The summed E-state index contributed by atoms with van der Waals surface area (Å²) in [6, 6.07) is 8.51. The number of guanidine groups is 1. The maximum atomic E-state index is 6.01. The topological polar surface area (TPSA) is 54.9 Å². The lowest BCUT2D eigenvalue weighted by Gasteiger charge is -2.22. The number of hydrogen-bond donors (Lipinski definition) is 2. The molecule has 0 bridgehead atoms. The van der Waals surface area contributed by atoms with E-state index in [0.29, 0.717) is 25.2 Å². The van der Waals surface area contributed by atoms with Crippen LogP contribution in [0.4, 0.5) is 0 Å².